The summed E-state index contributed by atoms with van der Waals surface area (Å²) in [6.07, 6.45) is 4.87. The van der Waals surface area contributed by atoms with E-state index >= 15 is 0 Å². The quantitative estimate of drug-likeness (QED) is 0.868. The molecule has 2 saturated heterocycles. The van der Waals surface area contributed by atoms with Crippen LogP contribution in [0.25, 0.3) is 0 Å². The summed E-state index contributed by atoms with van der Waals surface area (Å²) < 4.78 is 2.31. The van der Waals surface area contributed by atoms with Crippen LogP contribution in [0.1, 0.15) is 38.4 Å². The highest BCUT2D eigenvalue weighted by molar-refractivity contribution is 5.37. The number of aryl methyl sites for hydroxylation is 1. The average Bonchev–Trinajstić information content (AvgIpc) is 2.91. The average molecular weight is 248 g/mol. The van der Waals surface area contributed by atoms with Crippen LogP contribution in [0, 0.1) is 12.8 Å². The summed E-state index contributed by atoms with van der Waals surface area (Å²) in [5, 5.41) is 3.66. The highest BCUT2D eigenvalue weighted by Crippen LogP contribution is 2.29. The van der Waals surface area contributed by atoms with Gasteiger partial charge in [-0.1, -0.05) is 0 Å². The summed E-state index contributed by atoms with van der Waals surface area (Å²) >= 11 is 0. The molecular formula is C14H24N4. The third kappa shape index (κ3) is 2.03. The van der Waals surface area contributed by atoms with E-state index in [0.29, 0.717) is 12.1 Å². The van der Waals surface area contributed by atoms with E-state index in [9.17, 15) is 0 Å². The Morgan fingerprint density at radius 2 is 2.22 bits per heavy atom. The van der Waals surface area contributed by atoms with Gasteiger partial charge >= 0.3 is 0 Å². The minimum Gasteiger partial charge on any atom is -0.340 e. The van der Waals surface area contributed by atoms with Crippen LogP contribution in [0.15, 0.2) is 6.20 Å². The maximum Gasteiger partial charge on any atom is 0.206 e. The Balaban J connectivity index is 1.83. The van der Waals surface area contributed by atoms with Gasteiger partial charge < -0.3 is 14.8 Å². The van der Waals surface area contributed by atoms with E-state index in [1.165, 1.54) is 31.9 Å². The Morgan fingerprint density at radius 3 is 2.94 bits per heavy atom. The first kappa shape index (κ1) is 12.0. The lowest BCUT2D eigenvalue weighted by atomic mass is 9.94. The van der Waals surface area contributed by atoms with Crippen molar-refractivity contribution < 1.29 is 0 Å². The largest absolute Gasteiger partial charge is 0.340 e. The molecule has 2 aliphatic heterocycles. The van der Waals surface area contributed by atoms with E-state index in [-0.39, 0.29) is 0 Å². The molecule has 1 aromatic heterocycles. The number of rotatable bonds is 2. The van der Waals surface area contributed by atoms with Crippen molar-refractivity contribution in [2.75, 3.05) is 24.5 Å². The third-order valence-corrected chi connectivity index (χ3v) is 4.27. The second-order valence-electron chi connectivity index (χ2n) is 6.05. The first-order chi connectivity index (χ1) is 8.65. The molecule has 4 nitrogen and oxygen atoms in total. The van der Waals surface area contributed by atoms with Crippen molar-refractivity contribution in [1.82, 2.24) is 14.9 Å². The van der Waals surface area contributed by atoms with Gasteiger partial charge in [-0.05, 0) is 46.1 Å². The summed E-state index contributed by atoms with van der Waals surface area (Å²) in [4.78, 5) is 7.21. The van der Waals surface area contributed by atoms with Crippen LogP contribution in [0.5, 0.6) is 0 Å². The molecule has 0 unspecified atom stereocenters. The van der Waals surface area contributed by atoms with Crippen LogP contribution in [-0.4, -0.2) is 35.2 Å². The predicted molar refractivity (Wildman–Crippen MR) is 74.1 cm³/mol. The third-order valence-electron chi connectivity index (χ3n) is 4.27. The standard InChI is InChI=1S/C14H24N4/c1-10(2)18-7-11(3)16-14(18)17-8-12-5-4-6-15-13(12)9-17/h7,10,12-13,15H,4-6,8-9H2,1-3H3/t12-,13+/m0/s1. The lowest BCUT2D eigenvalue weighted by Crippen LogP contribution is -2.40. The normalized spacial score (nSPS) is 27.9. The van der Waals surface area contributed by atoms with Gasteiger partial charge in [0.2, 0.25) is 5.95 Å². The highest BCUT2D eigenvalue weighted by atomic mass is 15.3. The molecule has 0 saturated carbocycles. The van der Waals surface area contributed by atoms with Gasteiger partial charge in [0.25, 0.3) is 0 Å². The van der Waals surface area contributed by atoms with Crippen molar-refractivity contribution in [2.24, 2.45) is 5.92 Å². The van der Waals surface area contributed by atoms with Crippen LogP contribution < -0.4 is 10.2 Å². The number of anilines is 1. The molecule has 3 rings (SSSR count). The van der Waals surface area contributed by atoms with E-state index in [0.717, 1.165) is 18.2 Å². The number of nitrogens with zero attached hydrogens (tertiary/aromatic N) is 3. The smallest absolute Gasteiger partial charge is 0.206 e. The lowest BCUT2D eigenvalue weighted by molar-refractivity contribution is 0.340. The highest BCUT2D eigenvalue weighted by Gasteiger charge is 2.36. The van der Waals surface area contributed by atoms with E-state index < -0.39 is 0 Å². The summed E-state index contributed by atoms with van der Waals surface area (Å²) in [7, 11) is 0. The Labute approximate surface area is 109 Å². The zero-order valence-corrected chi connectivity index (χ0v) is 11.7. The zero-order chi connectivity index (χ0) is 12.7. The van der Waals surface area contributed by atoms with E-state index in [4.69, 9.17) is 4.98 Å². The molecule has 18 heavy (non-hydrogen) atoms. The number of fused-ring (bicyclic) bond motifs is 1. The molecule has 1 N–H and O–H groups in total. The van der Waals surface area contributed by atoms with Crippen molar-refractivity contribution in [1.29, 1.82) is 0 Å². The number of piperidine rings is 1. The van der Waals surface area contributed by atoms with Crippen molar-refractivity contribution in [2.45, 2.75) is 45.7 Å². The van der Waals surface area contributed by atoms with Crippen molar-refractivity contribution in [3.05, 3.63) is 11.9 Å². The van der Waals surface area contributed by atoms with Gasteiger partial charge in [-0.15, -0.1) is 0 Å². The molecule has 2 aliphatic rings. The zero-order valence-electron chi connectivity index (χ0n) is 11.7. The second kappa shape index (κ2) is 4.57. The summed E-state index contributed by atoms with van der Waals surface area (Å²) in [5.41, 5.74) is 1.13. The molecule has 1 aromatic rings. The fourth-order valence-electron chi connectivity index (χ4n) is 3.33. The van der Waals surface area contributed by atoms with Gasteiger partial charge in [0.05, 0.1) is 5.69 Å². The van der Waals surface area contributed by atoms with Gasteiger partial charge in [0, 0.05) is 31.4 Å². The number of hydrogen-bond donors (Lipinski definition) is 1. The lowest BCUT2D eigenvalue weighted by Gasteiger charge is -2.24. The summed E-state index contributed by atoms with van der Waals surface area (Å²) in [6, 6.07) is 1.16. The van der Waals surface area contributed by atoms with E-state index in [1.54, 1.807) is 0 Å². The Kier molecular flexibility index (Phi) is 3.06. The van der Waals surface area contributed by atoms with E-state index in [1.807, 2.05) is 0 Å². The van der Waals surface area contributed by atoms with Gasteiger partial charge in [0.1, 0.15) is 0 Å². The number of imidazole rings is 1. The molecular weight excluding hydrogens is 224 g/mol. The number of nitrogens with one attached hydrogen (secondary N) is 1. The molecule has 100 valence electrons. The minimum atomic E-state index is 0.483. The summed E-state index contributed by atoms with van der Waals surface area (Å²) in [6.45, 7) is 10.0. The molecule has 0 bridgehead atoms. The SMILES string of the molecule is Cc1cn(C(C)C)c(N2C[C@@H]3CCCN[C@@H]3C2)n1. The fourth-order valence-corrected chi connectivity index (χ4v) is 3.33. The van der Waals surface area contributed by atoms with E-state index in [2.05, 4.69) is 41.8 Å². The molecule has 0 amide bonds. The minimum absolute atomic E-state index is 0.483. The van der Waals surface area contributed by atoms with Crippen LogP contribution in [-0.2, 0) is 0 Å². The first-order valence-corrected chi connectivity index (χ1v) is 7.19. The van der Waals surface area contributed by atoms with Gasteiger partial charge in [-0.25, -0.2) is 4.98 Å². The van der Waals surface area contributed by atoms with Crippen molar-refractivity contribution >= 4 is 5.95 Å². The molecule has 2 fully saturated rings. The van der Waals surface area contributed by atoms with Crippen molar-refractivity contribution in [3.63, 3.8) is 0 Å². The van der Waals surface area contributed by atoms with Gasteiger partial charge in [-0.3, -0.25) is 0 Å². The number of aromatic nitrogens is 2. The van der Waals surface area contributed by atoms with Crippen LogP contribution >= 0.6 is 0 Å². The van der Waals surface area contributed by atoms with Crippen LogP contribution in [0.2, 0.25) is 0 Å². The Bertz CT molecular complexity index is 409. The molecule has 0 aromatic carbocycles. The molecule has 0 spiro atoms. The van der Waals surface area contributed by atoms with Gasteiger partial charge in [0.15, 0.2) is 0 Å². The molecule has 3 heterocycles. The maximum absolute atomic E-state index is 4.73. The Hall–Kier alpha value is -1.03. The van der Waals surface area contributed by atoms with Gasteiger partial charge in [-0.2, -0.15) is 0 Å². The maximum atomic E-state index is 4.73. The summed E-state index contributed by atoms with van der Waals surface area (Å²) in [5.74, 6) is 1.98. The molecule has 2 atom stereocenters. The first-order valence-electron chi connectivity index (χ1n) is 7.19. The molecule has 4 heteroatoms. The van der Waals surface area contributed by atoms with Crippen molar-refractivity contribution in [3.8, 4) is 0 Å². The second-order valence-corrected chi connectivity index (χ2v) is 6.05. The molecule has 0 aliphatic carbocycles. The predicted octanol–water partition coefficient (Wildman–Crippen LogP) is 1.96. The fraction of sp³-hybridized carbons (Fsp3) is 0.786. The molecule has 0 radical (unpaired) electrons. The monoisotopic (exact) mass is 248 g/mol. The topological polar surface area (TPSA) is 33.1 Å². The number of hydrogen-bond acceptors (Lipinski definition) is 3. The Morgan fingerprint density at radius 1 is 1.39 bits per heavy atom. The van der Waals surface area contributed by atoms with Crippen LogP contribution in [0.3, 0.4) is 0 Å². The van der Waals surface area contributed by atoms with Crippen LogP contribution in [0.4, 0.5) is 5.95 Å².